The Morgan fingerprint density at radius 3 is 2.60 bits per heavy atom. The number of thiol groups is 2. The van der Waals surface area contributed by atoms with E-state index < -0.39 is 12.2 Å². The third kappa shape index (κ3) is 3.48. The van der Waals surface area contributed by atoms with Gasteiger partial charge in [-0.25, -0.2) is 4.79 Å². The lowest BCUT2D eigenvalue weighted by atomic mass is 10.5. The number of ether oxygens (including phenoxy) is 1. The van der Waals surface area contributed by atoms with E-state index in [1.54, 1.807) is 6.07 Å². The fraction of sp³-hybridized carbons (Fsp3) is 0.500. The Morgan fingerprint density at radius 2 is 2.30 bits per heavy atom. The molecular weight excluding hydrogens is 172 g/mol. The van der Waals surface area contributed by atoms with Gasteiger partial charge < -0.3 is 4.74 Å². The van der Waals surface area contributed by atoms with Crippen LogP contribution in [-0.4, -0.2) is 15.9 Å². The van der Waals surface area contributed by atoms with Gasteiger partial charge in [-0.15, -0.1) is 0 Å². The predicted molar refractivity (Wildman–Crippen MR) is 41.4 cm³/mol. The number of carbonyl (C=O) groups is 1. The minimum Gasteiger partial charge on any atom is -0.430 e. The van der Waals surface area contributed by atoms with E-state index in [4.69, 9.17) is 5.26 Å². The lowest BCUT2D eigenvalue weighted by molar-refractivity contribution is 0.126. The molecule has 0 aliphatic carbocycles. The molecular formula is C4H6N2O2S2. The molecule has 0 heterocycles. The fourth-order valence-electron chi connectivity index (χ4n) is 0.225. The Balaban J connectivity index is 3.71. The number of carbonyl (C=O) groups excluding carboxylic acids is 1. The molecule has 0 bridgehead atoms. The molecule has 1 amide bonds. The lowest BCUT2D eigenvalue weighted by Crippen LogP contribution is -2.18. The summed E-state index contributed by atoms with van der Waals surface area (Å²) < 4.78 is 5.09. The molecule has 0 aliphatic heterocycles. The van der Waals surface area contributed by atoms with Gasteiger partial charge in [0.25, 0.3) is 0 Å². The second-order valence-corrected chi connectivity index (χ2v) is 2.56. The SMILES string of the molecule is CC(C#N)OC(=O)N(S)S. The van der Waals surface area contributed by atoms with Crippen molar-refractivity contribution in [3.8, 4) is 6.07 Å². The molecule has 1 atom stereocenters. The van der Waals surface area contributed by atoms with Crippen LogP contribution < -0.4 is 0 Å². The molecule has 0 radical (unpaired) electrons. The van der Waals surface area contributed by atoms with Crippen LogP contribution in [0.5, 0.6) is 0 Å². The Labute approximate surface area is 69.8 Å². The quantitative estimate of drug-likeness (QED) is 0.589. The molecule has 0 spiro atoms. The van der Waals surface area contributed by atoms with Crippen LogP contribution in [0.25, 0.3) is 0 Å². The zero-order valence-electron chi connectivity index (χ0n) is 5.18. The zero-order chi connectivity index (χ0) is 8.15. The largest absolute Gasteiger partial charge is 0.431 e. The molecule has 4 nitrogen and oxygen atoms in total. The first-order valence-electron chi connectivity index (χ1n) is 2.36. The van der Waals surface area contributed by atoms with Crippen molar-refractivity contribution in [3.63, 3.8) is 0 Å². The van der Waals surface area contributed by atoms with Gasteiger partial charge in [0.15, 0.2) is 6.10 Å². The van der Waals surface area contributed by atoms with E-state index in [1.807, 2.05) is 0 Å². The summed E-state index contributed by atoms with van der Waals surface area (Å²) in [6.45, 7) is 1.45. The van der Waals surface area contributed by atoms with Crippen molar-refractivity contribution in [2.75, 3.05) is 0 Å². The predicted octanol–water partition coefficient (Wildman–Crippen LogP) is 1.03. The van der Waals surface area contributed by atoms with Gasteiger partial charge >= 0.3 is 6.09 Å². The van der Waals surface area contributed by atoms with Gasteiger partial charge in [-0.2, -0.15) is 8.97 Å². The van der Waals surface area contributed by atoms with Crippen molar-refractivity contribution < 1.29 is 9.53 Å². The molecule has 0 saturated heterocycles. The molecule has 0 aromatic rings. The van der Waals surface area contributed by atoms with E-state index in [0.717, 1.165) is 0 Å². The fourth-order valence-corrected chi connectivity index (χ4v) is 0.319. The molecule has 10 heavy (non-hydrogen) atoms. The van der Waals surface area contributed by atoms with Crippen molar-refractivity contribution in [2.45, 2.75) is 13.0 Å². The highest BCUT2D eigenvalue weighted by molar-refractivity contribution is 7.94. The molecule has 0 saturated carbocycles. The molecule has 0 fully saturated rings. The molecule has 6 heteroatoms. The molecule has 56 valence electrons. The van der Waals surface area contributed by atoms with Crippen LogP contribution in [0.1, 0.15) is 6.92 Å². The average Bonchev–Trinajstić information content (AvgIpc) is 1.87. The van der Waals surface area contributed by atoms with E-state index in [9.17, 15) is 4.79 Å². The normalized spacial score (nSPS) is 11.4. The summed E-state index contributed by atoms with van der Waals surface area (Å²) >= 11 is 7.04. The Kier molecular flexibility index (Phi) is 4.07. The second kappa shape index (κ2) is 4.30. The van der Waals surface area contributed by atoms with Gasteiger partial charge in [-0.3, -0.25) is 0 Å². The van der Waals surface area contributed by atoms with Crippen molar-refractivity contribution in [1.82, 2.24) is 3.71 Å². The summed E-state index contributed by atoms with van der Waals surface area (Å²) in [6.07, 6.45) is -1.53. The van der Waals surface area contributed by atoms with Crippen LogP contribution in [0.15, 0.2) is 0 Å². The van der Waals surface area contributed by atoms with Gasteiger partial charge in [0.05, 0.1) is 0 Å². The van der Waals surface area contributed by atoms with E-state index >= 15 is 0 Å². The van der Waals surface area contributed by atoms with Gasteiger partial charge in [0.1, 0.15) is 6.07 Å². The first-order chi connectivity index (χ1) is 4.57. The number of amides is 1. The maximum absolute atomic E-state index is 10.5. The highest BCUT2D eigenvalue weighted by Crippen LogP contribution is 2.02. The molecule has 0 aromatic carbocycles. The second-order valence-electron chi connectivity index (χ2n) is 1.44. The van der Waals surface area contributed by atoms with Crippen LogP contribution in [0, 0.1) is 11.3 Å². The summed E-state index contributed by atoms with van der Waals surface area (Å²) in [7, 11) is 0. The number of nitrogens with zero attached hydrogens (tertiary/aromatic N) is 2. The van der Waals surface area contributed by atoms with Crippen molar-refractivity contribution in [1.29, 1.82) is 5.26 Å². The summed E-state index contributed by atoms with van der Waals surface area (Å²) in [4.78, 5) is 10.5. The van der Waals surface area contributed by atoms with Gasteiger partial charge in [0.2, 0.25) is 0 Å². The summed E-state index contributed by atoms with van der Waals surface area (Å²) in [5.41, 5.74) is 0. The zero-order valence-corrected chi connectivity index (χ0v) is 6.97. The average molecular weight is 178 g/mol. The maximum Gasteiger partial charge on any atom is 0.431 e. The van der Waals surface area contributed by atoms with Crippen LogP contribution in [0.3, 0.4) is 0 Å². The first kappa shape index (κ1) is 9.46. The summed E-state index contributed by atoms with van der Waals surface area (Å²) in [6, 6.07) is 1.71. The highest BCUT2D eigenvalue weighted by Gasteiger charge is 2.10. The molecule has 0 aliphatic rings. The Morgan fingerprint density at radius 1 is 1.80 bits per heavy atom. The van der Waals surface area contributed by atoms with Crippen LogP contribution in [-0.2, 0) is 4.74 Å². The van der Waals surface area contributed by atoms with Gasteiger partial charge in [0, 0.05) is 0 Å². The summed E-state index contributed by atoms with van der Waals surface area (Å²) in [5.74, 6) is 0. The van der Waals surface area contributed by atoms with Crippen molar-refractivity contribution in [3.05, 3.63) is 0 Å². The van der Waals surface area contributed by atoms with E-state index in [-0.39, 0.29) is 0 Å². The van der Waals surface area contributed by atoms with Gasteiger partial charge in [-0.05, 0) is 32.6 Å². The Hall–Kier alpha value is -0.540. The van der Waals surface area contributed by atoms with Crippen molar-refractivity contribution >= 4 is 31.7 Å². The monoisotopic (exact) mass is 178 g/mol. The highest BCUT2D eigenvalue weighted by atomic mass is 32.2. The van der Waals surface area contributed by atoms with E-state index in [1.165, 1.54) is 6.92 Å². The van der Waals surface area contributed by atoms with E-state index in [2.05, 4.69) is 30.4 Å². The van der Waals surface area contributed by atoms with Crippen LogP contribution >= 0.6 is 25.6 Å². The number of rotatable bonds is 1. The third-order valence-electron chi connectivity index (χ3n) is 0.623. The minimum absolute atomic E-state index is 0.661. The van der Waals surface area contributed by atoms with Crippen LogP contribution in [0.2, 0.25) is 0 Å². The van der Waals surface area contributed by atoms with Crippen LogP contribution in [0.4, 0.5) is 4.79 Å². The third-order valence-corrected chi connectivity index (χ3v) is 0.949. The standard InChI is InChI=1S/C4H6N2O2S2/c1-3(2-5)8-4(7)6(9)10/h3,9-10H,1H3. The van der Waals surface area contributed by atoms with Crippen molar-refractivity contribution in [2.24, 2.45) is 0 Å². The van der Waals surface area contributed by atoms with E-state index in [0.29, 0.717) is 3.71 Å². The molecule has 0 N–H and O–H groups in total. The summed E-state index contributed by atoms with van der Waals surface area (Å²) in [5, 5.41) is 8.17. The number of hydrogen-bond donors (Lipinski definition) is 2. The lowest BCUT2D eigenvalue weighted by Gasteiger charge is -2.08. The number of nitriles is 1. The van der Waals surface area contributed by atoms with Gasteiger partial charge in [-0.1, -0.05) is 0 Å². The first-order valence-corrected chi connectivity index (χ1v) is 3.16. The molecule has 0 aromatic heterocycles. The minimum atomic E-state index is -0.769. The smallest absolute Gasteiger partial charge is 0.430 e. The molecule has 1 unspecified atom stereocenters. The Bertz CT molecular complexity index is 165. The maximum atomic E-state index is 10.5. The number of hydrogen-bond acceptors (Lipinski definition) is 5. The molecule has 0 rings (SSSR count). The topological polar surface area (TPSA) is 53.3 Å².